The van der Waals surface area contributed by atoms with Crippen LogP contribution in [-0.4, -0.2) is 23.5 Å². The molecule has 0 spiro atoms. The largest absolute Gasteiger partial charge is 0.426 e. The van der Waals surface area contributed by atoms with Crippen LogP contribution in [0.2, 0.25) is 0 Å². The lowest BCUT2D eigenvalue weighted by Gasteiger charge is -2.24. The van der Waals surface area contributed by atoms with Gasteiger partial charge in [-0.25, -0.2) is 0 Å². The number of carbonyl (C=O) groups excluding carboxylic acids is 1. The van der Waals surface area contributed by atoms with Crippen LogP contribution in [0, 0.1) is 6.92 Å². The second-order valence-corrected chi connectivity index (χ2v) is 9.47. The maximum Gasteiger partial charge on any atom is 0.308 e. The second kappa shape index (κ2) is 7.73. The Bertz CT molecular complexity index is 924. The van der Waals surface area contributed by atoms with Crippen molar-refractivity contribution in [2.45, 2.75) is 91.6 Å². The van der Waals surface area contributed by atoms with Crippen molar-refractivity contribution in [1.82, 2.24) is 0 Å². The number of hydrogen-bond donors (Lipinski definition) is 0. The topological polar surface area (TPSA) is 44.8 Å². The summed E-state index contributed by atoms with van der Waals surface area (Å²) in [5.74, 6) is 0.0802. The van der Waals surface area contributed by atoms with Gasteiger partial charge in [-0.15, -0.1) is 0 Å². The molecule has 1 fully saturated rings. The van der Waals surface area contributed by atoms with Gasteiger partial charge in [0.05, 0.1) is 11.7 Å². The predicted octanol–water partition coefficient (Wildman–Crippen LogP) is 6.06. The Morgan fingerprint density at radius 3 is 2.41 bits per heavy atom. The summed E-state index contributed by atoms with van der Waals surface area (Å²) in [7, 11) is 0. The van der Waals surface area contributed by atoms with E-state index in [4.69, 9.17) is 14.2 Å². The molecule has 0 amide bonds. The standard InChI is InChI=1S/C25H34O4/c1-15(2)20-13-18-10-9-16(3)19(21(18)14-22(20)27-17(4)26)11-12-23-24(5,6)29-25(7,8)28-23/h9-10,13-15,23H,11-12H2,1-8H3/t23-/m0/s1. The Kier molecular flexibility index (Phi) is 5.81. The van der Waals surface area contributed by atoms with Gasteiger partial charge in [-0.05, 0) is 93.0 Å². The molecule has 3 rings (SSSR count). The molecule has 158 valence electrons. The summed E-state index contributed by atoms with van der Waals surface area (Å²) in [4.78, 5) is 11.7. The first kappa shape index (κ1) is 21.8. The molecule has 4 heteroatoms. The summed E-state index contributed by atoms with van der Waals surface area (Å²) >= 11 is 0. The van der Waals surface area contributed by atoms with Crippen LogP contribution in [0.25, 0.3) is 10.8 Å². The zero-order valence-corrected chi connectivity index (χ0v) is 19.0. The lowest BCUT2D eigenvalue weighted by atomic mass is 9.89. The fourth-order valence-electron chi connectivity index (χ4n) is 4.46. The van der Waals surface area contributed by atoms with Crippen LogP contribution in [0.5, 0.6) is 5.75 Å². The quantitative estimate of drug-likeness (QED) is 0.454. The van der Waals surface area contributed by atoms with Crippen molar-refractivity contribution in [3.05, 3.63) is 41.0 Å². The number of rotatable bonds is 5. The molecule has 1 atom stereocenters. The first-order chi connectivity index (χ1) is 13.4. The molecule has 0 saturated carbocycles. The summed E-state index contributed by atoms with van der Waals surface area (Å²) in [6, 6.07) is 8.52. The van der Waals surface area contributed by atoms with E-state index in [2.05, 4.69) is 52.8 Å². The molecule has 2 aromatic carbocycles. The van der Waals surface area contributed by atoms with Gasteiger partial charge in [-0.1, -0.05) is 26.0 Å². The number of fused-ring (bicyclic) bond motifs is 1. The number of carbonyl (C=O) groups is 1. The molecule has 0 aromatic heterocycles. The van der Waals surface area contributed by atoms with Gasteiger partial charge in [0, 0.05) is 6.92 Å². The van der Waals surface area contributed by atoms with E-state index in [1.54, 1.807) is 0 Å². The lowest BCUT2D eigenvalue weighted by Crippen LogP contribution is -2.33. The van der Waals surface area contributed by atoms with Crippen molar-refractivity contribution in [3.63, 3.8) is 0 Å². The average molecular weight is 399 g/mol. The van der Waals surface area contributed by atoms with Crippen LogP contribution in [-0.2, 0) is 20.7 Å². The van der Waals surface area contributed by atoms with Crippen LogP contribution >= 0.6 is 0 Å². The third kappa shape index (κ3) is 4.65. The van der Waals surface area contributed by atoms with Crippen molar-refractivity contribution in [3.8, 4) is 5.75 Å². The van der Waals surface area contributed by atoms with Gasteiger partial charge in [-0.2, -0.15) is 0 Å². The molecular weight excluding hydrogens is 364 g/mol. The summed E-state index contributed by atoms with van der Waals surface area (Å²) in [6.07, 6.45) is 1.76. The van der Waals surface area contributed by atoms with Gasteiger partial charge >= 0.3 is 5.97 Å². The summed E-state index contributed by atoms with van der Waals surface area (Å²) < 4.78 is 17.8. The van der Waals surface area contributed by atoms with Crippen molar-refractivity contribution in [1.29, 1.82) is 0 Å². The second-order valence-electron chi connectivity index (χ2n) is 9.47. The maximum atomic E-state index is 11.7. The number of aryl methyl sites for hydroxylation is 2. The molecule has 1 saturated heterocycles. The zero-order chi connectivity index (χ0) is 21.6. The minimum Gasteiger partial charge on any atom is -0.426 e. The highest BCUT2D eigenvalue weighted by Gasteiger charge is 2.46. The number of benzene rings is 2. The van der Waals surface area contributed by atoms with E-state index >= 15 is 0 Å². The van der Waals surface area contributed by atoms with E-state index in [1.807, 2.05) is 19.9 Å². The Balaban J connectivity index is 1.99. The third-order valence-electron chi connectivity index (χ3n) is 5.74. The fourth-order valence-corrected chi connectivity index (χ4v) is 4.46. The molecule has 0 radical (unpaired) electrons. The fraction of sp³-hybridized carbons (Fsp3) is 0.560. The molecule has 0 unspecified atom stereocenters. The highest BCUT2D eigenvalue weighted by Crippen LogP contribution is 2.39. The van der Waals surface area contributed by atoms with Gasteiger partial charge in [0.15, 0.2) is 5.79 Å². The molecule has 1 aliphatic rings. The Morgan fingerprint density at radius 1 is 1.17 bits per heavy atom. The van der Waals surface area contributed by atoms with Crippen LogP contribution < -0.4 is 4.74 Å². The Morgan fingerprint density at radius 2 is 1.86 bits per heavy atom. The molecule has 0 bridgehead atoms. The first-order valence-corrected chi connectivity index (χ1v) is 10.5. The molecule has 1 heterocycles. The van der Waals surface area contributed by atoms with Gasteiger partial charge in [0.2, 0.25) is 0 Å². The minimum atomic E-state index is -0.559. The van der Waals surface area contributed by atoms with Crippen LogP contribution in [0.15, 0.2) is 24.3 Å². The monoisotopic (exact) mass is 398 g/mol. The summed E-state index contributed by atoms with van der Waals surface area (Å²) in [5, 5.41) is 2.31. The van der Waals surface area contributed by atoms with Crippen molar-refractivity contribution in [2.75, 3.05) is 0 Å². The normalized spacial score (nSPS) is 20.4. The number of esters is 1. The van der Waals surface area contributed by atoms with Crippen LogP contribution in [0.3, 0.4) is 0 Å². The number of hydrogen-bond acceptors (Lipinski definition) is 4. The van der Waals surface area contributed by atoms with Crippen molar-refractivity contribution < 1.29 is 19.0 Å². The predicted molar refractivity (Wildman–Crippen MR) is 117 cm³/mol. The molecule has 1 aliphatic heterocycles. The van der Waals surface area contributed by atoms with Crippen LogP contribution in [0.4, 0.5) is 0 Å². The Hall–Kier alpha value is -1.91. The maximum absolute atomic E-state index is 11.7. The zero-order valence-electron chi connectivity index (χ0n) is 19.0. The van der Waals surface area contributed by atoms with Crippen molar-refractivity contribution in [2.24, 2.45) is 0 Å². The molecular formula is C25H34O4. The summed E-state index contributed by atoms with van der Waals surface area (Å²) in [5.41, 5.74) is 3.24. The third-order valence-corrected chi connectivity index (χ3v) is 5.74. The smallest absolute Gasteiger partial charge is 0.308 e. The van der Waals surface area contributed by atoms with Gasteiger partial charge in [0.1, 0.15) is 5.75 Å². The van der Waals surface area contributed by atoms with Crippen molar-refractivity contribution >= 4 is 16.7 Å². The summed E-state index contributed by atoms with van der Waals surface area (Å²) in [6.45, 7) is 15.9. The molecule has 29 heavy (non-hydrogen) atoms. The van der Waals surface area contributed by atoms with Crippen LogP contribution in [0.1, 0.15) is 77.5 Å². The average Bonchev–Trinajstić information content (AvgIpc) is 2.79. The lowest BCUT2D eigenvalue weighted by molar-refractivity contribution is -0.157. The highest BCUT2D eigenvalue weighted by molar-refractivity contribution is 5.90. The van der Waals surface area contributed by atoms with E-state index in [1.165, 1.54) is 23.4 Å². The van der Waals surface area contributed by atoms with Gasteiger partial charge in [0.25, 0.3) is 0 Å². The molecule has 0 N–H and O–H groups in total. The highest BCUT2D eigenvalue weighted by atomic mass is 16.8. The van der Waals surface area contributed by atoms with E-state index in [0.29, 0.717) is 5.75 Å². The van der Waals surface area contributed by atoms with Gasteiger partial charge in [-0.3, -0.25) is 4.79 Å². The van der Waals surface area contributed by atoms with E-state index in [9.17, 15) is 4.79 Å². The number of ether oxygens (including phenoxy) is 3. The van der Waals surface area contributed by atoms with E-state index in [-0.39, 0.29) is 23.6 Å². The minimum absolute atomic E-state index is 0.0232. The Labute approximate surface area is 174 Å². The first-order valence-electron chi connectivity index (χ1n) is 10.5. The molecule has 4 nitrogen and oxygen atoms in total. The van der Waals surface area contributed by atoms with E-state index < -0.39 is 5.79 Å². The molecule has 2 aromatic rings. The van der Waals surface area contributed by atoms with E-state index in [0.717, 1.165) is 23.8 Å². The SMILES string of the molecule is CC(=O)Oc1cc2c(CC[C@@H]3OC(C)(C)OC3(C)C)c(C)ccc2cc1C(C)C. The van der Waals surface area contributed by atoms with Gasteiger partial charge < -0.3 is 14.2 Å². The molecule has 0 aliphatic carbocycles.